The van der Waals surface area contributed by atoms with E-state index in [9.17, 15) is 9.59 Å². The van der Waals surface area contributed by atoms with E-state index in [1.54, 1.807) is 0 Å². The highest BCUT2D eigenvalue weighted by atomic mass is 16.4. The van der Waals surface area contributed by atoms with Crippen LogP contribution in [0.2, 0.25) is 0 Å². The maximum absolute atomic E-state index is 11.6. The standard InChI is InChI=1S/C10H12N2O3/c1-5-6(2)11-9(13)8-4-12(10(14)15)3-7(5)8/h3-4H2,1-2H3,(H,11,13)(H,14,15). The zero-order valence-corrected chi connectivity index (χ0v) is 8.63. The van der Waals surface area contributed by atoms with Gasteiger partial charge in [0.2, 0.25) is 0 Å². The molecule has 0 aromatic carbocycles. The topological polar surface area (TPSA) is 73.4 Å². The predicted octanol–water partition coefficient (Wildman–Crippen LogP) is 0.985. The number of rotatable bonds is 0. The summed E-state index contributed by atoms with van der Waals surface area (Å²) >= 11 is 0. The van der Waals surface area contributed by atoms with Crippen molar-refractivity contribution in [3.63, 3.8) is 0 Å². The van der Waals surface area contributed by atoms with Gasteiger partial charge < -0.3 is 10.1 Å². The third-order valence-corrected chi connectivity index (χ3v) is 2.92. The van der Waals surface area contributed by atoms with E-state index >= 15 is 0 Å². The summed E-state index contributed by atoms with van der Waals surface area (Å²) in [4.78, 5) is 26.3. The quantitative estimate of drug-likeness (QED) is 0.667. The summed E-state index contributed by atoms with van der Waals surface area (Å²) in [6.45, 7) is 4.23. The number of pyridine rings is 1. The van der Waals surface area contributed by atoms with Crippen LogP contribution in [0.3, 0.4) is 0 Å². The molecule has 2 N–H and O–H groups in total. The van der Waals surface area contributed by atoms with Crippen molar-refractivity contribution in [2.45, 2.75) is 26.9 Å². The molecule has 1 amide bonds. The average molecular weight is 208 g/mol. The molecule has 80 valence electrons. The van der Waals surface area contributed by atoms with E-state index in [2.05, 4.69) is 4.98 Å². The maximum Gasteiger partial charge on any atom is 0.407 e. The van der Waals surface area contributed by atoms with Gasteiger partial charge in [0, 0.05) is 11.3 Å². The number of H-pyrrole nitrogens is 1. The Morgan fingerprint density at radius 2 is 1.93 bits per heavy atom. The van der Waals surface area contributed by atoms with E-state index in [0.29, 0.717) is 12.1 Å². The Kier molecular flexibility index (Phi) is 2.03. The Morgan fingerprint density at radius 1 is 1.33 bits per heavy atom. The number of carbonyl (C=O) groups is 1. The van der Waals surface area contributed by atoms with E-state index in [4.69, 9.17) is 5.11 Å². The lowest BCUT2D eigenvalue weighted by Gasteiger charge is -2.09. The normalized spacial score (nSPS) is 14.1. The first-order chi connectivity index (χ1) is 7.00. The van der Waals surface area contributed by atoms with E-state index in [0.717, 1.165) is 16.8 Å². The lowest BCUT2D eigenvalue weighted by Crippen LogP contribution is -2.23. The van der Waals surface area contributed by atoms with Gasteiger partial charge in [0.25, 0.3) is 5.56 Å². The summed E-state index contributed by atoms with van der Waals surface area (Å²) in [7, 11) is 0. The van der Waals surface area contributed by atoms with Crippen molar-refractivity contribution < 1.29 is 9.90 Å². The highest BCUT2D eigenvalue weighted by Crippen LogP contribution is 2.23. The molecule has 0 bridgehead atoms. The summed E-state index contributed by atoms with van der Waals surface area (Å²) in [5, 5.41) is 8.85. The van der Waals surface area contributed by atoms with E-state index in [1.165, 1.54) is 4.90 Å². The molecule has 1 aromatic rings. The van der Waals surface area contributed by atoms with Crippen LogP contribution in [-0.2, 0) is 13.1 Å². The zero-order chi connectivity index (χ0) is 11.2. The second kappa shape index (κ2) is 3.12. The predicted molar refractivity (Wildman–Crippen MR) is 53.8 cm³/mol. The molecule has 15 heavy (non-hydrogen) atoms. The number of aromatic amines is 1. The molecule has 1 aliphatic rings. The minimum atomic E-state index is -0.984. The SMILES string of the molecule is Cc1[nH]c(=O)c2c(c1C)CN(C(=O)O)C2. The molecule has 0 unspecified atom stereocenters. The Morgan fingerprint density at radius 3 is 2.53 bits per heavy atom. The molecule has 0 atom stereocenters. The van der Waals surface area contributed by atoms with Crippen LogP contribution in [-0.4, -0.2) is 21.1 Å². The van der Waals surface area contributed by atoms with Crippen LogP contribution in [0.25, 0.3) is 0 Å². The number of aryl methyl sites for hydroxylation is 1. The number of fused-ring (bicyclic) bond motifs is 1. The van der Waals surface area contributed by atoms with Gasteiger partial charge >= 0.3 is 6.09 Å². The highest BCUT2D eigenvalue weighted by molar-refractivity contribution is 5.66. The van der Waals surface area contributed by atoms with Crippen molar-refractivity contribution in [2.75, 3.05) is 0 Å². The van der Waals surface area contributed by atoms with Crippen molar-refractivity contribution in [3.05, 3.63) is 32.7 Å². The molecular weight excluding hydrogens is 196 g/mol. The number of nitrogens with zero attached hydrogens (tertiary/aromatic N) is 1. The molecule has 0 fully saturated rings. The first-order valence-corrected chi connectivity index (χ1v) is 4.70. The van der Waals surface area contributed by atoms with Crippen molar-refractivity contribution in [1.29, 1.82) is 0 Å². The molecule has 1 aromatic heterocycles. The van der Waals surface area contributed by atoms with Gasteiger partial charge in [-0.25, -0.2) is 4.79 Å². The van der Waals surface area contributed by atoms with E-state index in [-0.39, 0.29) is 12.1 Å². The van der Waals surface area contributed by atoms with Crippen LogP contribution in [0.1, 0.15) is 22.4 Å². The van der Waals surface area contributed by atoms with Gasteiger partial charge in [-0.15, -0.1) is 0 Å². The number of carboxylic acid groups (broad SMARTS) is 1. The van der Waals surface area contributed by atoms with Gasteiger partial charge in [-0.1, -0.05) is 0 Å². The summed E-state index contributed by atoms with van der Waals surface area (Å²) in [6.07, 6.45) is -0.984. The van der Waals surface area contributed by atoms with Gasteiger partial charge in [0.1, 0.15) is 0 Å². The fourth-order valence-electron chi connectivity index (χ4n) is 1.88. The monoisotopic (exact) mass is 208 g/mol. The number of amides is 1. The van der Waals surface area contributed by atoms with Crippen molar-refractivity contribution in [2.24, 2.45) is 0 Å². The molecule has 2 heterocycles. The fraction of sp³-hybridized carbons (Fsp3) is 0.400. The molecule has 5 heteroatoms. The Hall–Kier alpha value is -1.78. The van der Waals surface area contributed by atoms with E-state index in [1.807, 2.05) is 13.8 Å². The lowest BCUT2D eigenvalue weighted by atomic mass is 10.1. The Labute approximate surface area is 86.3 Å². The van der Waals surface area contributed by atoms with Gasteiger partial charge in [-0.05, 0) is 25.0 Å². The van der Waals surface area contributed by atoms with Crippen molar-refractivity contribution in [1.82, 2.24) is 9.88 Å². The highest BCUT2D eigenvalue weighted by Gasteiger charge is 2.27. The smallest absolute Gasteiger partial charge is 0.407 e. The molecule has 0 saturated heterocycles. The van der Waals surface area contributed by atoms with Crippen LogP contribution in [0.4, 0.5) is 4.79 Å². The second-order valence-corrected chi connectivity index (χ2v) is 3.80. The summed E-state index contributed by atoms with van der Waals surface area (Å²) in [6, 6.07) is 0. The molecule has 2 rings (SSSR count). The molecule has 5 nitrogen and oxygen atoms in total. The molecule has 0 saturated carbocycles. The minimum Gasteiger partial charge on any atom is -0.465 e. The van der Waals surface area contributed by atoms with E-state index < -0.39 is 6.09 Å². The van der Waals surface area contributed by atoms with Gasteiger partial charge in [0.15, 0.2) is 0 Å². The van der Waals surface area contributed by atoms with Crippen LogP contribution < -0.4 is 5.56 Å². The van der Waals surface area contributed by atoms with Gasteiger partial charge in [-0.3, -0.25) is 9.69 Å². The number of hydrogen-bond acceptors (Lipinski definition) is 2. The van der Waals surface area contributed by atoms with Crippen LogP contribution in [0.15, 0.2) is 4.79 Å². The van der Waals surface area contributed by atoms with Crippen LogP contribution >= 0.6 is 0 Å². The largest absolute Gasteiger partial charge is 0.465 e. The molecule has 0 radical (unpaired) electrons. The average Bonchev–Trinajstić information content (AvgIpc) is 2.59. The van der Waals surface area contributed by atoms with Crippen molar-refractivity contribution in [3.8, 4) is 0 Å². The number of aromatic nitrogens is 1. The Balaban J connectivity index is 2.54. The molecule has 0 aliphatic carbocycles. The molecule has 0 spiro atoms. The third-order valence-electron chi connectivity index (χ3n) is 2.92. The molecule has 1 aliphatic heterocycles. The minimum absolute atomic E-state index is 0.170. The summed E-state index contributed by atoms with van der Waals surface area (Å²) in [5.41, 5.74) is 3.07. The summed E-state index contributed by atoms with van der Waals surface area (Å²) in [5.74, 6) is 0. The van der Waals surface area contributed by atoms with Crippen LogP contribution in [0.5, 0.6) is 0 Å². The molecular formula is C10H12N2O3. The first kappa shape index (κ1) is 9.76. The lowest BCUT2D eigenvalue weighted by molar-refractivity contribution is 0.145. The van der Waals surface area contributed by atoms with Crippen LogP contribution in [0, 0.1) is 13.8 Å². The number of nitrogens with one attached hydrogen (secondary N) is 1. The second-order valence-electron chi connectivity index (χ2n) is 3.80. The zero-order valence-electron chi connectivity index (χ0n) is 8.63. The number of hydrogen-bond donors (Lipinski definition) is 2. The third kappa shape index (κ3) is 1.40. The van der Waals surface area contributed by atoms with Gasteiger partial charge in [-0.2, -0.15) is 0 Å². The maximum atomic E-state index is 11.6. The first-order valence-electron chi connectivity index (χ1n) is 4.70. The van der Waals surface area contributed by atoms with Crippen molar-refractivity contribution >= 4 is 6.09 Å². The Bertz CT molecular complexity index is 490. The summed E-state index contributed by atoms with van der Waals surface area (Å²) < 4.78 is 0. The fourth-order valence-corrected chi connectivity index (χ4v) is 1.88. The van der Waals surface area contributed by atoms with Gasteiger partial charge in [0.05, 0.1) is 13.1 Å².